The van der Waals surface area contributed by atoms with Gasteiger partial charge in [0.15, 0.2) is 5.71 Å². The molecule has 4 nitrogen and oxygen atoms in total. The van der Waals surface area contributed by atoms with Crippen molar-refractivity contribution in [1.82, 2.24) is 0 Å². The average molecular weight is 301 g/mol. The van der Waals surface area contributed by atoms with Crippen LogP contribution in [0.5, 0.6) is 0 Å². The molecular weight excluding hydrogens is 278 g/mol. The SMILES string of the molecule is CO/N=C(\Cc1cc(C#CC(C)(C)C)ccc1C)C(=O)OC. The summed E-state index contributed by atoms with van der Waals surface area (Å²) in [7, 11) is 2.73. The number of nitrogens with zero attached hydrogens (tertiary/aromatic N) is 1. The zero-order chi connectivity index (χ0) is 16.8. The molecule has 0 heterocycles. The first kappa shape index (κ1) is 17.8. The third-order valence-electron chi connectivity index (χ3n) is 2.91. The van der Waals surface area contributed by atoms with Crippen molar-refractivity contribution in [3.63, 3.8) is 0 Å². The molecule has 118 valence electrons. The van der Waals surface area contributed by atoms with E-state index in [2.05, 4.69) is 37.8 Å². The topological polar surface area (TPSA) is 47.9 Å². The average Bonchev–Trinajstić information content (AvgIpc) is 2.45. The quantitative estimate of drug-likeness (QED) is 0.371. The van der Waals surface area contributed by atoms with Gasteiger partial charge in [-0.15, -0.1) is 0 Å². The van der Waals surface area contributed by atoms with Crippen molar-refractivity contribution in [2.24, 2.45) is 10.6 Å². The van der Waals surface area contributed by atoms with Crippen LogP contribution >= 0.6 is 0 Å². The van der Waals surface area contributed by atoms with Crippen molar-refractivity contribution >= 4 is 11.7 Å². The molecule has 0 aliphatic rings. The van der Waals surface area contributed by atoms with Crippen LogP contribution in [-0.4, -0.2) is 25.9 Å². The molecule has 1 rings (SSSR count). The van der Waals surface area contributed by atoms with Crippen LogP contribution in [0.2, 0.25) is 0 Å². The highest BCUT2D eigenvalue weighted by Crippen LogP contribution is 2.15. The molecule has 0 saturated carbocycles. The maximum atomic E-state index is 11.7. The Kier molecular flexibility index (Phi) is 6.18. The minimum atomic E-state index is -0.493. The number of ether oxygens (including phenoxy) is 1. The van der Waals surface area contributed by atoms with Gasteiger partial charge in [-0.25, -0.2) is 4.79 Å². The van der Waals surface area contributed by atoms with Gasteiger partial charge in [0.25, 0.3) is 0 Å². The van der Waals surface area contributed by atoms with E-state index in [1.54, 1.807) is 0 Å². The molecule has 0 N–H and O–H groups in total. The summed E-state index contributed by atoms with van der Waals surface area (Å²) in [5.74, 6) is 5.87. The fourth-order valence-electron chi connectivity index (χ4n) is 1.75. The zero-order valence-electron chi connectivity index (χ0n) is 14.1. The van der Waals surface area contributed by atoms with Crippen molar-refractivity contribution in [2.75, 3.05) is 14.2 Å². The monoisotopic (exact) mass is 301 g/mol. The Labute approximate surface area is 132 Å². The first-order valence-electron chi connectivity index (χ1n) is 7.08. The highest BCUT2D eigenvalue weighted by atomic mass is 16.6. The first-order valence-corrected chi connectivity index (χ1v) is 7.08. The van der Waals surface area contributed by atoms with Crippen LogP contribution in [0.3, 0.4) is 0 Å². The Morgan fingerprint density at radius 1 is 1.27 bits per heavy atom. The van der Waals surface area contributed by atoms with Gasteiger partial charge in [0, 0.05) is 17.4 Å². The van der Waals surface area contributed by atoms with Crippen molar-refractivity contribution < 1.29 is 14.4 Å². The predicted octanol–water partition coefficient (Wildman–Crippen LogP) is 3.11. The number of carbonyl (C=O) groups is 1. The molecule has 0 bridgehead atoms. The number of aryl methyl sites for hydroxylation is 1. The largest absolute Gasteiger partial charge is 0.464 e. The Morgan fingerprint density at radius 2 is 1.95 bits per heavy atom. The second-order valence-corrected chi connectivity index (χ2v) is 6.03. The molecule has 0 aromatic heterocycles. The lowest BCUT2D eigenvalue weighted by atomic mass is 9.96. The number of hydrogen-bond acceptors (Lipinski definition) is 4. The van der Waals surface area contributed by atoms with Gasteiger partial charge in [0.05, 0.1) is 7.11 Å². The van der Waals surface area contributed by atoms with Crippen molar-refractivity contribution in [2.45, 2.75) is 34.1 Å². The van der Waals surface area contributed by atoms with Gasteiger partial charge in [-0.05, 0) is 51.0 Å². The lowest BCUT2D eigenvalue weighted by Gasteiger charge is -2.09. The van der Waals surface area contributed by atoms with Gasteiger partial charge in [0.1, 0.15) is 7.11 Å². The summed E-state index contributed by atoms with van der Waals surface area (Å²) in [5, 5.41) is 3.75. The number of esters is 1. The lowest BCUT2D eigenvalue weighted by Crippen LogP contribution is -2.19. The fourth-order valence-corrected chi connectivity index (χ4v) is 1.75. The van der Waals surface area contributed by atoms with Gasteiger partial charge in [-0.2, -0.15) is 0 Å². The molecule has 0 fully saturated rings. The van der Waals surface area contributed by atoms with Crippen molar-refractivity contribution in [3.8, 4) is 11.8 Å². The molecule has 0 unspecified atom stereocenters. The van der Waals surface area contributed by atoms with Crippen LogP contribution in [0.15, 0.2) is 23.4 Å². The Bertz CT molecular complexity index is 628. The van der Waals surface area contributed by atoms with Crippen LogP contribution in [0, 0.1) is 24.2 Å². The van der Waals surface area contributed by atoms with E-state index in [0.29, 0.717) is 6.42 Å². The highest BCUT2D eigenvalue weighted by Gasteiger charge is 2.15. The molecule has 1 aromatic carbocycles. The van der Waals surface area contributed by atoms with Gasteiger partial charge in [-0.3, -0.25) is 0 Å². The summed E-state index contributed by atoms with van der Waals surface area (Å²) in [6, 6.07) is 5.94. The molecule has 22 heavy (non-hydrogen) atoms. The van der Waals surface area contributed by atoms with Gasteiger partial charge in [-0.1, -0.05) is 23.1 Å². The van der Waals surface area contributed by atoms with E-state index >= 15 is 0 Å². The third kappa shape index (κ3) is 5.61. The second kappa shape index (κ2) is 7.65. The van der Waals surface area contributed by atoms with Crippen LogP contribution < -0.4 is 0 Å². The summed E-state index contributed by atoms with van der Waals surface area (Å²) in [6.45, 7) is 8.18. The summed E-state index contributed by atoms with van der Waals surface area (Å²) in [5.41, 5.74) is 3.13. The standard InChI is InChI=1S/C18H23NO3/c1-13-7-8-14(9-10-18(2,3)4)11-15(13)12-16(19-22-6)17(20)21-5/h7-8,11H,12H2,1-6H3/b19-16+. The van der Waals surface area contributed by atoms with E-state index in [9.17, 15) is 4.79 Å². The second-order valence-electron chi connectivity index (χ2n) is 6.03. The van der Waals surface area contributed by atoms with Gasteiger partial charge < -0.3 is 9.57 Å². The van der Waals surface area contributed by atoms with E-state index in [1.165, 1.54) is 14.2 Å². The van der Waals surface area contributed by atoms with E-state index in [0.717, 1.165) is 16.7 Å². The summed E-state index contributed by atoms with van der Waals surface area (Å²) in [4.78, 5) is 16.4. The number of methoxy groups -OCH3 is 1. The van der Waals surface area contributed by atoms with Crippen molar-refractivity contribution in [1.29, 1.82) is 0 Å². The number of oxime groups is 1. The molecule has 4 heteroatoms. The summed E-state index contributed by atoms with van der Waals surface area (Å²) < 4.78 is 4.72. The smallest absolute Gasteiger partial charge is 0.356 e. The summed E-state index contributed by atoms with van der Waals surface area (Å²) in [6.07, 6.45) is 0.345. The van der Waals surface area contributed by atoms with E-state index in [-0.39, 0.29) is 11.1 Å². The van der Waals surface area contributed by atoms with E-state index in [1.807, 2.05) is 25.1 Å². The van der Waals surface area contributed by atoms with Crippen LogP contribution in [-0.2, 0) is 20.8 Å². The third-order valence-corrected chi connectivity index (χ3v) is 2.91. The molecule has 0 aliphatic carbocycles. The fraction of sp³-hybridized carbons (Fsp3) is 0.444. The first-order chi connectivity index (χ1) is 10.3. The predicted molar refractivity (Wildman–Crippen MR) is 87.7 cm³/mol. The molecule has 0 atom stereocenters. The zero-order valence-corrected chi connectivity index (χ0v) is 14.1. The van der Waals surface area contributed by atoms with Crippen molar-refractivity contribution in [3.05, 3.63) is 34.9 Å². The maximum Gasteiger partial charge on any atom is 0.356 e. The van der Waals surface area contributed by atoms with Crippen LogP contribution in [0.4, 0.5) is 0 Å². The Balaban J connectivity index is 3.11. The van der Waals surface area contributed by atoms with Crippen LogP contribution in [0.25, 0.3) is 0 Å². The van der Waals surface area contributed by atoms with Crippen LogP contribution in [0.1, 0.15) is 37.5 Å². The number of carbonyl (C=O) groups excluding carboxylic acids is 1. The van der Waals surface area contributed by atoms with Gasteiger partial charge in [0.2, 0.25) is 0 Å². The maximum absolute atomic E-state index is 11.7. The highest BCUT2D eigenvalue weighted by molar-refractivity contribution is 6.36. The minimum absolute atomic E-state index is 0.0558. The molecule has 0 aliphatic heterocycles. The Morgan fingerprint density at radius 3 is 2.50 bits per heavy atom. The van der Waals surface area contributed by atoms with E-state index in [4.69, 9.17) is 9.57 Å². The Hall–Kier alpha value is -2.28. The number of benzene rings is 1. The molecule has 0 spiro atoms. The summed E-state index contributed by atoms with van der Waals surface area (Å²) >= 11 is 0. The number of rotatable bonds is 4. The molecule has 1 aromatic rings. The molecule has 0 radical (unpaired) electrons. The normalized spacial score (nSPS) is 11.5. The lowest BCUT2D eigenvalue weighted by molar-refractivity contribution is -0.133. The van der Waals surface area contributed by atoms with E-state index < -0.39 is 5.97 Å². The molecule has 0 saturated heterocycles. The van der Waals surface area contributed by atoms with Gasteiger partial charge >= 0.3 is 5.97 Å². The number of hydrogen-bond donors (Lipinski definition) is 0. The minimum Gasteiger partial charge on any atom is -0.464 e. The molecular formula is C18H23NO3. The molecule has 0 amide bonds.